The summed E-state index contributed by atoms with van der Waals surface area (Å²) in [6, 6.07) is 0. The zero-order chi connectivity index (χ0) is 41.8. The quantitative estimate of drug-likeness (QED) is 0.0267. The molecule has 2 atom stereocenters. The molecule has 3 N–H and O–H groups in total. The Morgan fingerprint density at radius 1 is 0.526 bits per heavy atom. The van der Waals surface area contributed by atoms with Gasteiger partial charge < -0.3 is 20.1 Å². The SMILES string of the molecule is CCCCCC=CCC=CCC=CCC=CCCCC(=O)O[C@H](COC(=O)CCCCCCCCCCCC=CCC=CCCCCC)COP(=O)(O)OCCN. The lowest BCUT2D eigenvalue weighted by Gasteiger charge is -2.19. The second-order valence-electron chi connectivity index (χ2n) is 14.6. The van der Waals surface area contributed by atoms with Gasteiger partial charge in [-0.2, -0.15) is 0 Å². The molecule has 0 aliphatic rings. The molecule has 0 heterocycles. The van der Waals surface area contributed by atoms with Crippen molar-refractivity contribution in [1.82, 2.24) is 0 Å². The van der Waals surface area contributed by atoms with Crippen molar-refractivity contribution in [1.29, 1.82) is 0 Å². The van der Waals surface area contributed by atoms with E-state index in [1.165, 1.54) is 83.5 Å². The van der Waals surface area contributed by atoms with E-state index >= 15 is 0 Å². The number of allylic oxidation sites excluding steroid dienone is 12. The Bertz CT molecular complexity index is 1160. The molecule has 0 rings (SSSR count). The summed E-state index contributed by atoms with van der Waals surface area (Å²) in [5.74, 6) is -0.903. The first-order valence-corrected chi connectivity index (χ1v) is 23.9. The van der Waals surface area contributed by atoms with Crippen LogP contribution < -0.4 is 5.73 Å². The van der Waals surface area contributed by atoms with Gasteiger partial charge in [0.15, 0.2) is 6.10 Å². The van der Waals surface area contributed by atoms with E-state index in [0.29, 0.717) is 12.8 Å². The van der Waals surface area contributed by atoms with Crippen LogP contribution in [0.2, 0.25) is 0 Å². The molecule has 0 aliphatic carbocycles. The van der Waals surface area contributed by atoms with Crippen molar-refractivity contribution in [2.75, 3.05) is 26.4 Å². The van der Waals surface area contributed by atoms with E-state index in [1.807, 2.05) is 6.08 Å². The third-order valence-electron chi connectivity index (χ3n) is 9.06. The van der Waals surface area contributed by atoms with Crippen molar-refractivity contribution in [3.8, 4) is 0 Å². The van der Waals surface area contributed by atoms with Gasteiger partial charge in [-0.05, 0) is 83.5 Å². The van der Waals surface area contributed by atoms with Crippen LogP contribution in [0.4, 0.5) is 0 Å². The predicted molar refractivity (Wildman–Crippen MR) is 238 cm³/mol. The highest BCUT2D eigenvalue weighted by molar-refractivity contribution is 7.47. The fraction of sp³-hybridized carbons (Fsp3) is 0.702. The Morgan fingerprint density at radius 3 is 1.40 bits per heavy atom. The van der Waals surface area contributed by atoms with Gasteiger partial charge in [0.2, 0.25) is 0 Å². The predicted octanol–water partition coefficient (Wildman–Crippen LogP) is 13.1. The summed E-state index contributed by atoms with van der Waals surface area (Å²) in [5.41, 5.74) is 5.35. The number of hydrogen-bond acceptors (Lipinski definition) is 8. The van der Waals surface area contributed by atoms with Crippen molar-refractivity contribution >= 4 is 19.8 Å². The summed E-state index contributed by atoms with van der Waals surface area (Å²) in [6.45, 7) is 3.60. The van der Waals surface area contributed by atoms with E-state index in [1.54, 1.807) is 0 Å². The summed E-state index contributed by atoms with van der Waals surface area (Å²) >= 11 is 0. The Labute approximate surface area is 348 Å². The molecule has 1 unspecified atom stereocenters. The largest absolute Gasteiger partial charge is 0.472 e. The number of rotatable bonds is 41. The second kappa shape index (κ2) is 43.0. The molecule has 328 valence electrons. The van der Waals surface area contributed by atoms with Gasteiger partial charge in [-0.15, -0.1) is 0 Å². The maximum absolute atomic E-state index is 12.6. The lowest BCUT2D eigenvalue weighted by Crippen LogP contribution is -2.29. The molecule has 0 aromatic heterocycles. The van der Waals surface area contributed by atoms with Gasteiger partial charge in [0.25, 0.3) is 0 Å². The van der Waals surface area contributed by atoms with E-state index in [-0.39, 0.29) is 32.6 Å². The lowest BCUT2D eigenvalue weighted by atomic mass is 10.1. The normalized spacial score (nSPS) is 14.0. The molecule has 0 saturated carbocycles. The summed E-state index contributed by atoms with van der Waals surface area (Å²) in [5, 5.41) is 0. The number of esters is 2. The van der Waals surface area contributed by atoms with Crippen molar-refractivity contribution in [2.45, 2.75) is 187 Å². The average Bonchev–Trinajstić information content (AvgIpc) is 3.20. The highest BCUT2D eigenvalue weighted by atomic mass is 31.2. The van der Waals surface area contributed by atoms with Crippen LogP contribution in [0.3, 0.4) is 0 Å². The van der Waals surface area contributed by atoms with Gasteiger partial charge in [0.1, 0.15) is 6.61 Å². The minimum Gasteiger partial charge on any atom is -0.462 e. The Morgan fingerprint density at radius 2 is 0.930 bits per heavy atom. The molecule has 0 saturated heterocycles. The Hall–Kier alpha value is -2.55. The van der Waals surface area contributed by atoms with Gasteiger partial charge in [-0.3, -0.25) is 18.6 Å². The molecule has 0 aromatic carbocycles. The molecule has 10 heteroatoms. The van der Waals surface area contributed by atoms with Crippen LogP contribution in [0, 0.1) is 0 Å². The van der Waals surface area contributed by atoms with Crippen LogP contribution in [0.15, 0.2) is 72.9 Å². The highest BCUT2D eigenvalue weighted by Gasteiger charge is 2.25. The van der Waals surface area contributed by atoms with Crippen LogP contribution >= 0.6 is 7.82 Å². The first kappa shape index (κ1) is 54.5. The molecular weight excluding hydrogens is 737 g/mol. The number of nitrogens with two attached hydrogens (primary N) is 1. The Kier molecular flexibility index (Phi) is 41.1. The van der Waals surface area contributed by atoms with Crippen LogP contribution in [0.5, 0.6) is 0 Å². The van der Waals surface area contributed by atoms with Crippen LogP contribution in [0.25, 0.3) is 0 Å². The maximum Gasteiger partial charge on any atom is 0.472 e. The van der Waals surface area contributed by atoms with Gasteiger partial charge in [0, 0.05) is 19.4 Å². The van der Waals surface area contributed by atoms with Gasteiger partial charge >= 0.3 is 19.8 Å². The summed E-state index contributed by atoms with van der Waals surface area (Å²) in [4.78, 5) is 34.9. The monoisotopic (exact) mass is 820 g/mol. The first-order chi connectivity index (χ1) is 27.8. The minimum absolute atomic E-state index is 0.0410. The van der Waals surface area contributed by atoms with E-state index < -0.39 is 32.5 Å². The molecule has 0 bridgehead atoms. The molecule has 0 aliphatic heterocycles. The van der Waals surface area contributed by atoms with Crippen LogP contribution in [-0.4, -0.2) is 49.3 Å². The number of phosphoric ester groups is 1. The number of ether oxygens (including phenoxy) is 2. The third-order valence-corrected chi connectivity index (χ3v) is 10.0. The minimum atomic E-state index is -4.40. The third kappa shape index (κ3) is 42.9. The zero-order valence-corrected chi connectivity index (χ0v) is 36.9. The molecule has 0 radical (unpaired) electrons. The zero-order valence-electron chi connectivity index (χ0n) is 36.0. The molecular formula is C47H82NO8P. The second-order valence-corrected chi connectivity index (χ2v) is 16.0. The molecule has 9 nitrogen and oxygen atoms in total. The molecule has 0 fully saturated rings. The maximum atomic E-state index is 12.6. The number of carbonyl (C=O) groups is 2. The van der Waals surface area contributed by atoms with Crippen molar-refractivity contribution < 1.29 is 37.6 Å². The van der Waals surface area contributed by atoms with E-state index in [4.69, 9.17) is 24.3 Å². The van der Waals surface area contributed by atoms with Gasteiger partial charge in [-0.1, -0.05) is 157 Å². The molecule has 0 spiro atoms. The number of hydrogen-bond donors (Lipinski definition) is 2. The Balaban J connectivity index is 4.23. The van der Waals surface area contributed by atoms with Crippen molar-refractivity contribution in [2.24, 2.45) is 5.73 Å². The van der Waals surface area contributed by atoms with Crippen LogP contribution in [-0.2, 0) is 32.7 Å². The average molecular weight is 820 g/mol. The lowest BCUT2D eigenvalue weighted by molar-refractivity contribution is -0.161. The standard InChI is InChI=1S/C47H82NO8P/c1-3-5-7-9-11-13-15-17-19-21-22-24-25-27-29-31-33-35-37-39-46(49)53-43-45(44-55-57(51,52)54-42-41-48)56-47(50)40-38-36-34-32-30-28-26-23-20-18-16-14-12-10-8-6-4-2/h11-14,17-20,26,28,32,34,45H,3-10,15-16,21-25,27,29-31,33,35-44,48H2,1-2H3,(H,51,52)/t45-/m1/s1. The highest BCUT2D eigenvalue weighted by Crippen LogP contribution is 2.43. The topological polar surface area (TPSA) is 134 Å². The van der Waals surface area contributed by atoms with E-state index in [0.717, 1.165) is 57.8 Å². The summed E-state index contributed by atoms with van der Waals surface area (Å²) in [7, 11) is -4.40. The van der Waals surface area contributed by atoms with Gasteiger partial charge in [-0.25, -0.2) is 4.57 Å². The van der Waals surface area contributed by atoms with Crippen LogP contribution in [0.1, 0.15) is 181 Å². The fourth-order valence-corrected chi connectivity index (χ4v) is 6.48. The van der Waals surface area contributed by atoms with Crippen molar-refractivity contribution in [3.63, 3.8) is 0 Å². The van der Waals surface area contributed by atoms with E-state index in [2.05, 4.69) is 80.7 Å². The molecule has 57 heavy (non-hydrogen) atoms. The fourth-order valence-electron chi connectivity index (χ4n) is 5.71. The van der Waals surface area contributed by atoms with Crippen molar-refractivity contribution in [3.05, 3.63) is 72.9 Å². The van der Waals surface area contributed by atoms with Gasteiger partial charge in [0.05, 0.1) is 13.2 Å². The number of unbranched alkanes of at least 4 members (excludes halogenated alkanes) is 16. The van der Waals surface area contributed by atoms with E-state index in [9.17, 15) is 19.0 Å². The smallest absolute Gasteiger partial charge is 0.462 e. The summed E-state index contributed by atoms with van der Waals surface area (Å²) in [6.07, 6.45) is 52.2. The summed E-state index contributed by atoms with van der Waals surface area (Å²) < 4.78 is 32.7. The number of carbonyl (C=O) groups excluding carboxylic acids is 2. The first-order valence-electron chi connectivity index (χ1n) is 22.4. The molecule has 0 aromatic rings. The molecule has 0 amide bonds. The number of phosphoric acid groups is 1.